The average molecular weight is 675 g/mol. The van der Waals surface area contributed by atoms with Gasteiger partial charge in [-0.1, -0.05) is 127 Å². The Morgan fingerprint density at radius 2 is 1.21 bits per heavy atom. The van der Waals surface area contributed by atoms with E-state index in [0.717, 1.165) is 16.6 Å². The molecule has 0 radical (unpaired) electrons. The van der Waals surface area contributed by atoms with Crippen LogP contribution in [0.2, 0.25) is 0 Å². The SMILES string of the molecule is C1=CC2C(c3ccccc3N2c2cccc3ccccc23)c2c1c1ccc3oc4ccccc4c3c1n2-c1cc2c3c(cccc3c1)-c1ccccc1-2. The summed E-state index contributed by atoms with van der Waals surface area (Å²) in [4.78, 5) is 2.59. The fraction of sp³-hybridized carbons (Fsp3) is 0.0400. The van der Waals surface area contributed by atoms with E-state index in [4.69, 9.17) is 4.42 Å². The average Bonchev–Trinajstić information content (AvgIpc) is 3.95. The first-order valence-corrected chi connectivity index (χ1v) is 18.5. The molecule has 10 aromatic rings. The molecule has 0 saturated carbocycles. The molecule has 0 saturated heterocycles. The van der Waals surface area contributed by atoms with Crippen LogP contribution in [0.4, 0.5) is 11.4 Å². The first-order valence-electron chi connectivity index (χ1n) is 18.5. The van der Waals surface area contributed by atoms with Crippen molar-refractivity contribution in [3.05, 3.63) is 181 Å². The van der Waals surface area contributed by atoms with E-state index in [1.807, 2.05) is 0 Å². The van der Waals surface area contributed by atoms with E-state index < -0.39 is 0 Å². The molecular weight excluding hydrogens is 645 g/mol. The van der Waals surface area contributed by atoms with E-state index in [1.54, 1.807) is 0 Å². The molecule has 0 amide bonds. The molecule has 8 aromatic carbocycles. The fourth-order valence-electron chi connectivity index (χ4n) is 10.2. The summed E-state index contributed by atoms with van der Waals surface area (Å²) >= 11 is 0. The molecule has 3 heteroatoms. The van der Waals surface area contributed by atoms with Crippen LogP contribution in [-0.2, 0) is 0 Å². The number of nitrogens with zero attached hydrogens (tertiary/aromatic N) is 2. The minimum Gasteiger partial charge on any atom is -0.456 e. The Bertz CT molecular complexity index is 3260. The summed E-state index contributed by atoms with van der Waals surface area (Å²) < 4.78 is 9.19. The summed E-state index contributed by atoms with van der Waals surface area (Å²) in [5, 5.41) is 8.69. The van der Waals surface area contributed by atoms with Crippen LogP contribution in [0.1, 0.15) is 22.7 Å². The van der Waals surface area contributed by atoms with E-state index in [-0.39, 0.29) is 12.0 Å². The standard InChI is InChI=1S/C50H30N2O/c1-2-14-32-29(11-1)12-10-21-41(32)52-42-20-7-5-17-38(42)47-43(52)25-23-36-37-24-26-45-48(39-18-6-8-22-44(39)53-45)50(37)51(49(36)47)31-27-30-13-9-19-35-33-15-3-4-16-34(33)40(28-31)46(30)35/h1-28,43,47H. The van der Waals surface area contributed by atoms with Gasteiger partial charge in [0.2, 0.25) is 0 Å². The minimum atomic E-state index is 0.0910. The van der Waals surface area contributed by atoms with E-state index >= 15 is 0 Å². The Hall–Kier alpha value is -6.84. The highest BCUT2D eigenvalue weighted by molar-refractivity contribution is 6.21. The van der Waals surface area contributed by atoms with Gasteiger partial charge in [-0.2, -0.15) is 0 Å². The van der Waals surface area contributed by atoms with Crippen LogP contribution in [0, 0.1) is 0 Å². The zero-order valence-electron chi connectivity index (χ0n) is 28.6. The Morgan fingerprint density at radius 1 is 0.491 bits per heavy atom. The van der Waals surface area contributed by atoms with Crippen LogP contribution in [0.5, 0.6) is 0 Å². The number of aromatic nitrogens is 1. The Balaban J connectivity index is 1.17. The van der Waals surface area contributed by atoms with Crippen molar-refractivity contribution < 1.29 is 4.42 Å². The lowest BCUT2D eigenvalue weighted by atomic mass is 9.84. The second-order valence-electron chi connectivity index (χ2n) is 14.8. The van der Waals surface area contributed by atoms with Crippen LogP contribution in [0.15, 0.2) is 168 Å². The number of hydrogen-bond donors (Lipinski definition) is 0. The van der Waals surface area contributed by atoms with Gasteiger partial charge in [-0.05, 0) is 86.4 Å². The monoisotopic (exact) mass is 674 g/mol. The van der Waals surface area contributed by atoms with Gasteiger partial charge in [0, 0.05) is 44.5 Å². The summed E-state index contributed by atoms with van der Waals surface area (Å²) in [6.07, 6.45) is 4.86. The van der Waals surface area contributed by atoms with Gasteiger partial charge < -0.3 is 13.9 Å². The zero-order valence-corrected chi connectivity index (χ0v) is 28.6. The predicted molar refractivity (Wildman–Crippen MR) is 220 cm³/mol. The highest BCUT2D eigenvalue weighted by Crippen LogP contribution is 2.56. The van der Waals surface area contributed by atoms with Gasteiger partial charge >= 0.3 is 0 Å². The molecule has 246 valence electrons. The van der Waals surface area contributed by atoms with Crippen LogP contribution < -0.4 is 4.90 Å². The smallest absolute Gasteiger partial charge is 0.137 e. The number of furan rings is 1. The van der Waals surface area contributed by atoms with Gasteiger partial charge in [0.05, 0.1) is 22.9 Å². The summed E-state index contributed by atoms with van der Waals surface area (Å²) in [7, 11) is 0. The maximum Gasteiger partial charge on any atom is 0.137 e. The van der Waals surface area contributed by atoms with Gasteiger partial charge in [0.15, 0.2) is 0 Å². The normalized spacial score (nSPS) is 16.6. The second kappa shape index (κ2) is 9.93. The maximum absolute atomic E-state index is 6.57. The molecule has 0 fully saturated rings. The van der Waals surface area contributed by atoms with Crippen molar-refractivity contribution in [3.8, 4) is 27.9 Å². The van der Waals surface area contributed by atoms with Crippen molar-refractivity contribution in [1.82, 2.24) is 4.57 Å². The van der Waals surface area contributed by atoms with Crippen LogP contribution in [0.3, 0.4) is 0 Å². The molecule has 2 aromatic heterocycles. The third kappa shape index (κ3) is 3.49. The van der Waals surface area contributed by atoms with Crippen molar-refractivity contribution in [2.45, 2.75) is 12.0 Å². The quantitative estimate of drug-likeness (QED) is 0.182. The zero-order chi connectivity index (χ0) is 34.4. The maximum atomic E-state index is 6.57. The molecule has 2 aliphatic carbocycles. The van der Waals surface area contributed by atoms with Crippen molar-refractivity contribution in [2.75, 3.05) is 4.90 Å². The van der Waals surface area contributed by atoms with Crippen molar-refractivity contribution in [3.63, 3.8) is 0 Å². The first kappa shape index (κ1) is 27.8. The van der Waals surface area contributed by atoms with Gasteiger partial charge in [-0.3, -0.25) is 0 Å². The van der Waals surface area contributed by atoms with Gasteiger partial charge in [0.25, 0.3) is 0 Å². The van der Waals surface area contributed by atoms with Crippen molar-refractivity contribution in [2.24, 2.45) is 0 Å². The predicted octanol–water partition coefficient (Wildman–Crippen LogP) is 13.2. The molecule has 53 heavy (non-hydrogen) atoms. The topological polar surface area (TPSA) is 21.3 Å². The summed E-state index contributed by atoms with van der Waals surface area (Å²) in [5.74, 6) is 0.0914. The van der Waals surface area contributed by atoms with Gasteiger partial charge in [-0.25, -0.2) is 0 Å². The number of benzene rings is 8. The van der Waals surface area contributed by atoms with Crippen molar-refractivity contribution in [1.29, 1.82) is 0 Å². The highest BCUT2D eigenvalue weighted by Gasteiger charge is 2.44. The van der Waals surface area contributed by atoms with E-state index in [9.17, 15) is 0 Å². The molecule has 2 atom stereocenters. The first-order chi connectivity index (χ1) is 26.3. The molecule has 13 rings (SSSR count). The molecular formula is C50H30N2O. The lowest BCUT2D eigenvalue weighted by Gasteiger charge is -2.32. The Morgan fingerprint density at radius 3 is 2.15 bits per heavy atom. The minimum absolute atomic E-state index is 0.0910. The summed E-state index contributed by atoms with van der Waals surface area (Å²) in [5.41, 5.74) is 15.9. The summed E-state index contributed by atoms with van der Waals surface area (Å²) in [6, 6.07) is 58.2. The Labute approximate surface area is 305 Å². The van der Waals surface area contributed by atoms with Gasteiger partial charge in [-0.15, -0.1) is 0 Å². The number of fused-ring (bicyclic) bond motifs is 15. The van der Waals surface area contributed by atoms with E-state index in [2.05, 4.69) is 179 Å². The summed E-state index contributed by atoms with van der Waals surface area (Å²) in [6.45, 7) is 0. The van der Waals surface area contributed by atoms with Crippen LogP contribution in [0.25, 0.3) is 88.4 Å². The third-order valence-corrected chi connectivity index (χ3v) is 12.2. The lowest BCUT2D eigenvalue weighted by Crippen LogP contribution is -2.31. The largest absolute Gasteiger partial charge is 0.456 e. The van der Waals surface area contributed by atoms with Gasteiger partial charge in [0.1, 0.15) is 11.2 Å². The lowest BCUT2D eigenvalue weighted by molar-refractivity contribution is 0.669. The van der Waals surface area contributed by atoms with Crippen molar-refractivity contribution >= 4 is 71.8 Å². The Kier molecular flexibility index (Phi) is 5.22. The molecule has 0 N–H and O–H groups in total. The molecule has 3 aliphatic rings. The molecule has 0 bridgehead atoms. The number of hydrogen-bond acceptors (Lipinski definition) is 2. The third-order valence-electron chi connectivity index (χ3n) is 12.2. The van der Waals surface area contributed by atoms with E-state index in [1.165, 1.54) is 94.0 Å². The molecule has 2 unspecified atom stereocenters. The highest BCUT2D eigenvalue weighted by atomic mass is 16.3. The van der Waals surface area contributed by atoms with Crippen LogP contribution in [-0.4, -0.2) is 10.6 Å². The number of para-hydroxylation sites is 2. The molecule has 1 aliphatic heterocycles. The number of rotatable bonds is 2. The fourth-order valence-corrected chi connectivity index (χ4v) is 10.2. The van der Waals surface area contributed by atoms with Crippen LogP contribution >= 0.6 is 0 Å². The molecule has 3 heterocycles. The second-order valence-corrected chi connectivity index (χ2v) is 14.8. The molecule has 0 spiro atoms. The number of anilines is 2. The molecule has 3 nitrogen and oxygen atoms in total. The van der Waals surface area contributed by atoms with E-state index in [0.29, 0.717) is 0 Å².